The molecule has 4 rings (SSSR count). The van der Waals surface area contributed by atoms with E-state index in [1.807, 2.05) is 24.3 Å². The topological polar surface area (TPSA) is 48.0 Å². The first-order valence-electron chi connectivity index (χ1n) is 9.16. The third-order valence-corrected chi connectivity index (χ3v) is 5.48. The molecule has 4 heteroatoms. The highest BCUT2D eigenvalue weighted by molar-refractivity contribution is 9.10. The van der Waals surface area contributed by atoms with E-state index in [0.29, 0.717) is 5.56 Å². The highest BCUT2D eigenvalue weighted by Gasteiger charge is 2.17. The second kappa shape index (κ2) is 7.20. The number of aromatic nitrogens is 1. The number of hydrogen-bond acceptors (Lipinski definition) is 1. The van der Waals surface area contributed by atoms with Gasteiger partial charge in [0.05, 0.1) is 5.52 Å². The molecule has 0 spiro atoms. The van der Waals surface area contributed by atoms with E-state index in [4.69, 9.17) is 5.73 Å². The number of nitrogens with zero attached hydrogens (tertiary/aromatic N) is 1. The van der Waals surface area contributed by atoms with E-state index in [9.17, 15) is 4.79 Å². The standard InChI is InChI=1S/C23H21BrN2O/c1-2-5-15-10-11-18-21(13-15)26(14-16-6-3-7-17(24)12-16)20-9-4-8-19(22(18)20)23(25)27/h3-4,6-13H,2,5,14H2,1H3,(H2,25,27). The Labute approximate surface area is 166 Å². The summed E-state index contributed by atoms with van der Waals surface area (Å²) in [5.74, 6) is -0.389. The van der Waals surface area contributed by atoms with Gasteiger partial charge in [0.25, 0.3) is 0 Å². The molecule has 2 N–H and O–H groups in total. The fraction of sp³-hybridized carbons (Fsp3) is 0.174. The van der Waals surface area contributed by atoms with Crippen LogP contribution in [0, 0.1) is 0 Å². The van der Waals surface area contributed by atoms with Crippen LogP contribution in [0.4, 0.5) is 0 Å². The van der Waals surface area contributed by atoms with Crippen molar-refractivity contribution in [3.63, 3.8) is 0 Å². The number of carbonyl (C=O) groups excluding carboxylic acids is 1. The molecule has 27 heavy (non-hydrogen) atoms. The highest BCUT2D eigenvalue weighted by atomic mass is 79.9. The van der Waals surface area contributed by atoms with Crippen LogP contribution in [0.3, 0.4) is 0 Å². The van der Waals surface area contributed by atoms with E-state index in [2.05, 4.69) is 63.8 Å². The molecule has 0 aliphatic rings. The number of amides is 1. The summed E-state index contributed by atoms with van der Waals surface area (Å²) >= 11 is 3.56. The van der Waals surface area contributed by atoms with Crippen LogP contribution >= 0.6 is 15.9 Å². The number of benzene rings is 3. The van der Waals surface area contributed by atoms with E-state index < -0.39 is 0 Å². The zero-order valence-corrected chi connectivity index (χ0v) is 16.8. The molecule has 1 heterocycles. The molecule has 136 valence electrons. The predicted octanol–water partition coefficient (Wildman–Crippen LogP) is 5.66. The van der Waals surface area contributed by atoms with Gasteiger partial charge in [-0.05, 0) is 47.9 Å². The molecule has 0 saturated heterocycles. The average Bonchev–Trinajstić information content (AvgIpc) is 2.95. The van der Waals surface area contributed by atoms with Crippen molar-refractivity contribution in [3.8, 4) is 0 Å². The lowest BCUT2D eigenvalue weighted by molar-refractivity contribution is 0.100. The fourth-order valence-corrected chi connectivity index (χ4v) is 4.27. The van der Waals surface area contributed by atoms with Crippen LogP contribution in [-0.4, -0.2) is 10.5 Å². The summed E-state index contributed by atoms with van der Waals surface area (Å²) in [7, 11) is 0. The molecule has 3 aromatic carbocycles. The van der Waals surface area contributed by atoms with Gasteiger partial charge in [0.2, 0.25) is 5.91 Å². The van der Waals surface area contributed by atoms with Gasteiger partial charge >= 0.3 is 0 Å². The van der Waals surface area contributed by atoms with Crippen molar-refractivity contribution in [2.24, 2.45) is 5.73 Å². The van der Waals surface area contributed by atoms with Crippen molar-refractivity contribution in [1.82, 2.24) is 4.57 Å². The Morgan fingerprint density at radius 2 is 1.81 bits per heavy atom. The van der Waals surface area contributed by atoms with Crippen LogP contribution in [-0.2, 0) is 13.0 Å². The number of carbonyl (C=O) groups is 1. The first-order chi connectivity index (χ1) is 13.1. The SMILES string of the molecule is CCCc1ccc2c3c(C(N)=O)cccc3n(Cc3cccc(Br)c3)c2c1. The van der Waals surface area contributed by atoms with Crippen LogP contribution in [0.15, 0.2) is 65.1 Å². The quantitative estimate of drug-likeness (QED) is 0.444. The van der Waals surface area contributed by atoms with Gasteiger partial charge in [0, 0.05) is 32.9 Å². The van der Waals surface area contributed by atoms with Crippen molar-refractivity contribution in [3.05, 3.63) is 81.8 Å². The molecule has 1 amide bonds. The summed E-state index contributed by atoms with van der Waals surface area (Å²) in [4.78, 5) is 12.0. The summed E-state index contributed by atoms with van der Waals surface area (Å²) in [6, 6.07) is 20.7. The molecule has 4 aromatic rings. The summed E-state index contributed by atoms with van der Waals surface area (Å²) in [6.45, 7) is 2.92. The first kappa shape index (κ1) is 17.8. The maximum Gasteiger partial charge on any atom is 0.249 e. The van der Waals surface area contributed by atoms with E-state index in [0.717, 1.165) is 45.7 Å². The Morgan fingerprint density at radius 3 is 2.56 bits per heavy atom. The van der Waals surface area contributed by atoms with Crippen molar-refractivity contribution in [2.45, 2.75) is 26.3 Å². The van der Waals surface area contributed by atoms with Gasteiger partial charge in [-0.2, -0.15) is 0 Å². The van der Waals surface area contributed by atoms with E-state index >= 15 is 0 Å². The van der Waals surface area contributed by atoms with Crippen molar-refractivity contribution >= 4 is 43.6 Å². The van der Waals surface area contributed by atoms with Crippen molar-refractivity contribution in [1.29, 1.82) is 0 Å². The highest BCUT2D eigenvalue weighted by Crippen LogP contribution is 2.33. The predicted molar refractivity (Wildman–Crippen MR) is 115 cm³/mol. The molecule has 0 saturated carbocycles. The van der Waals surface area contributed by atoms with Crippen LogP contribution < -0.4 is 5.73 Å². The van der Waals surface area contributed by atoms with Gasteiger partial charge in [-0.15, -0.1) is 0 Å². The number of fused-ring (bicyclic) bond motifs is 3. The van der Waals surface area contributed by atoms with Crippen molar-refractivity contribution in [2.75, 3.05) is 0 Å². The maximum atomic E-state index is 12.0. The Bertz CT molecular complexity index is 1160. The van der Waals surface area contributed by atoms with E-state index in [1.165, 1.54) is 11.1 Å². The molecule has 0 fully saturated rings. The summed E-state index contributed by atoms with van der Waals surface area (Å²) in [5.41, 5.74) is 10.9. The average molecular weight is 421 g/mol. The molecular weight excluding hydrogens is 400 g/mol. The molecule has 0 aliphatic heterocycles. The van der Waals surface area contributed by atoms with Gasteiger partial charge in [0.15, 0.2) is 0 Å². The van der Waals surface area contributed by atoms with Crippen LogP contribution in [0.25, 0.3) is 21.8 Å². The van der Waals surface area contributed by atoms with Gasteiger partial charge in [-0.3, -0.25) is 4.79 Å². The zero-order valence-electron chi connectivity index (χ0n) is 15.2. The lowest BCUT2D eigenvalue weighted by Crippen LogP contribution is -2.11. The first-order valence-corrected chi connectivity index (χ1v) is 9.96. The Kier molecular flexibility index (Phi) is 4.75. The molecule has 0 unspecified atom stereocenters. The summed E-state index contributed by atoms with van der Waals surface area (Å²) in [6.07, 6.45) is 2.14. The molecule has 0 bridgehead atoms. The van der Waals surface area contributed by atoms with E-state index in [-0.39, 0.29) is 5.91 Å². The number of primary amides is 1. The minimum atomic E-state index is -0.389. The van der Waals surface area contributed by atoms with Gasteiger partial charge < -0.3 is 10.3 Å². The summed E-state index contributed by atoms with van der Waals surface area (Å²) < 4.78 is 3.35. The number of nitrogens with two attached hydrogens (primary N) is 1. The van der Waals surface area contributed by atoms with Gasteiger partial charge in [-0.1, -0.05) is 59.6 Å². The largest absolute Gasteiger partial charge is 0.366 e. The second-order valence-electron chi connectivity index (χ2n) is 6.88. The number of hydrogen-bond donors (Lipinski definition) is 1. The van der Waals surface area contributed by atoms with Crippen LogP contribution in [0.5, 0.6) is 0 Å². The number of halogens is 1. The maximum absolute atomic E-state index is 12.0. The molecule has 3 nitrogen and oxygen atoms in total. The molecular formula is C23H21BrN2O. The Balaban J connectivity index is 2.02. The van der Waals surface area contributed by atoms with Crippen LogP contribution in [0.1, 0.15) is 34.8 Å². The minimum absolute atomic E-state index is 0.389. The third kappa shape index (κ3) is 3.26. The number of aryl methyl sites for hydroxylation is 1. The smallest absolute Gasteiger partial charge is 0.249 e. The van der Waals surface area contributed by atoms with Crippen LogP contribution in [0.2, 0.25) is 0 Å². The number of rotatable bonds is 5. The third-order valence-electron chi connectivity index (χ3n) is 4.99. The minimum Gasteiger partial charge on any atom is -0.366 e. The van der Waals surface area contributed by atoms with Gasteiger partial charge in [0.1, 0.15) is 0 Å². The fourth-order valence-electron chi connectivity index (χ4n) is 3.83. The lowest BCUT2D eigenvalue weighted by Gasteiger charge is -2.09. The summed E-state index contributed by atoms with van der Waals surface area (Å²) in [5, 5.41) is 2.02. The molecule has 0 atom stereocenters. The van der Waals surface area contributed by atoms with Gasteiger partial charge in [-0.25, -0.2) is 0 Å². The normalized spacial score (nSPS) is 11.3. The monoisotopic (exact) mass is 420 g/mol. The second-order valence-corrected chi connectivity index (χ2v) is 7.80. The van der Waals surface area contributed by atoms with Crippen molar-refractivity contribution < 1.29 is 4.79 Å². The lowest BCUT2D eigenvalue weighted by atomic mass is 10.0. The Hall–Kier alpha value is -2.59. The zero-order chi connectivity index (χ0) is 19.0. The molecule has 0 aliphatic carbocycles. The Morgan fingerprint density at radius 1 is 1.00 bits per heavy atom. The molecule has 0 radical (unpaired) electrons. The van der Waals surface area contributed by atoms with E-state index in [1.54, 1.807) is 0 Å². The molecule has 1 aromatic heterocycles.